The summed E-state index contributed by atoms with van der Waals surface area (Å²) >= 11 is 0. The van der Waals surface area contributed by atoms with E-state index in [4.69, 9.17) is 0 Å². The molecule has 1 aromatic heterocycles. The molecule has 128 valence electrons. The lowest BCUT2D eigenvalue weighted by atomic mass is 10.00. The number of hydrogen-bond acceptors (Lipinski definition) is 4. The summed E-state index contributed by atoms with van der Waals surface area (Å²) in [5.74, 6) is 0. The molecular weight excluding hydrogens is 304 g/mol. The summed E-state index contributed by atoms with van der Waals surface area (Å²) in [6.07, 6.45) is 1.10. The molecule has 6 nitrogen and oxygen atoms in total. The number of H-pyrrole nitrogens is 1. The smallest absolute Gasteiger partial charge is 0.265 e. The van der Waals surface area contributed by atoms with E-state index in [9.17, 15) is 9.59 Å². The molecule has 6 heteroatoms. The highest BCUT2D eigenvalue weighted by Gasteiger charge is 2.17. The van der Waals surface area contributed by atoms with Gasteiger partial charge in [-0.2, -0.15) is 0 Å². The van der Waals surface area contributed by atoms with Crippen LogP contribution in [0.15, 0.2) is 46.0 Å². The monoisotopic (exact) mass is 328 g/mol. The molecule has 2 aromatic rings. The van der Waals surface area contributed by atoms with Crippen molar-refractivity contribution >= 4 is 0 Å². The van der Waals surface area contributed by atoms with Gasteiger partial charge in [0.2, 0.25) is 0 Å². The van der Waals surface area contributed by atoms with Gasteiger partial charge in [0, 0.05) is 44.4 Å². The summed E-state index contributed by atoms with van der Waals surface area (Å²) in [6.45, 7) is 6.29. The van der Waals surface area contributed by atoms with Crippen LogP contribution in [0.2, 0.25) is 0 Å². The third kappa shape index (κ3) is 4.21. The Labute approximate surface area is 141 Å². The fourth-order valence-electron chi connectivity index (χ4n) is 3.21. The van der Waals surface area contributed by atoms with Gasteiger partial charge in [-0.3, -0.25) is 19.6 Å². The van der Waals surface area contributed by atoms with Gasteiger partial charge in [-0.15, -0.1) is 0 Å². The Kier molecular flexibility index (Phi) is 5.27. The van der Waals surface area contributed by atoms with Crippen molar-refractivity contribution in [3.63, 3.8) is 0 Å². The zero-order valence-electron chi connectivity index (χ0n) is 14.0. The van der Waals surface area contributed by atoms with Crippen molar-refractivity contribution in [3.8, 4) is 0 Å². The molecule has 0 spiro atoms. The van der Waals surface area contributed by atoms with E-state index in [1.54, 1.807) is 0 Å². The van der Waals surface area contributed by atoms with Crippen LogP contribution in [0.4, 0.5) is 0 Å². The zero-order valence-corrected chi connectivity index (χ0v) is 14.0. The van der Waals surface area contributed by atoms with E-state index in [1.807, 2.05) is 0 Å². The lowest BCUT2D eigenvalue weighted by molar-refractivity contribution is 0.228. The normalized spacial score (nSPS) is 15.9. The minimum Gasteiger partial charge on any atom is -0.311 e. The van der Waals surface area contributed by atoms with Gasteiger partial charge in [-0.1, -0.05) is 24.3 Å². The van der Waals surface area contributed by atoms with Crippen molar-refractivity contribution in [2.75, 3.05) is 19.6 Å². The summed E-state index contributed by atoms with van der Waals surface area (Å²) in [4.78, 5) is 25.4. The highest BCUT2D eigenvalue weighted by molar-refractivity contribution is 5.29. The predicted molar refractivity (Wildman–Crippen MR) is 94.2 cm³/mol. The number of rotatable bonds is 6. The average molecular weight is 328 g/mol. The summed E-state index contributed by atoms with van der Waals surface area (Å²) < 4.78 is 1.35. The van der Waals surface area contributed by atoms with Crippen molar-refractivity contribution in [2.45, 2.75) is 32.5 Å². The van der Waals surface area contributed by atoms with Crippen molar-refractivity contribution < 1.29 is 0 Å². The lowest BCUT2D eigenvalue weighted by Crippen LogP contribution is -2.43. The van der Waals surface area contributed by atoms with Crippen molar-refractivity contribution in [3.05, 3.63) is 68.2 Å². The highest BCUT2D eigenvalue weighted by Crippen LogP contribution is 2.18. The van der Waals surface area contributed by atoms with Crippen LogP contribution in [0.25, 0.3) is 0 Å². The maximum absolute atomic E-state index is 11.6. The van der Waals surface area contributed by atoms with Gasteiger partial charge < -0.3 is 5.32 Å². The van der Waals surface area contributed by atoms with Crippen LogP contribution in [-0.4, -0.2) is 40.4 Å². The van der Waals surface area contributed by atoms with Gasteiger partial charge >= 0.3 is 0 Å². The van der Waals surface area contributed by atoms with Crippen LogP contribution >= 0.6 is 0 Å². The molecule has 0 bridgehead atoms. The molecule has 0 fully saturated rings. The first-order valence-corrected chi connectivity index (χ1v) is 8.44. The van der Waals surface area contributed by atoms with E-state index in [-0.39, 0.29) is 11.1 Å². The first-order valence-electron chi connectivity index (χ1n) is 8.44. The molecule has 0 amide bonds. The molecule has 1 aromatic carbocycles. The molecule has 0 saturated carbocycles. The second-order valence-corrected chi connectivity index (χ2v) is 6.41. The highest BCUT2D eigenvalue weighted by atomic mass is 16.1. The van der Waals surface area contributed by atoms with Gasteiger partial charge in [0.25, 0.3) is 11.1 Å². The van der Waals surface area contributed by atoms with Crippen LogP contribution < -0.4 is 16.4 Å². The van der Waals surface area contributed by atoms with Crippen LogP contribution in [0.3, 0.4) is 0 Å². The zero-order chi connectivity index (χ0) is 16.9. The van der Waals surface area contributed by atoms with E-state index >= 15 is 0 Å². The Bertz CT molecular complexity index is 796. The standard InChI is InChI=1S/C18H24N4O2/c1-14(19-9-11-22-18(24)7-6-17(23)20-22)12-21-10-8-15-4-2-3-5-16(15)13-21/h2-7,14,19H,8-13H2,1H3,(H,20,23). The van der Waals surface area contributed by atoms with Gasteiger partial charge in [-0.05, 0) is 24.5 Å². The Hall–Kier alpha value is -2.18. The number of aromatic amines is 1. The maximum atomic E-state index is 11.6. The average Bonchev–Trinajstić information content (AvgIpc) is 2.58. The fraction of sp³-hybridized carbons (Fsp3) is 0.444. The maximum Gasteiger partial charge on any atom is 0.265 e. The number of aromatic nitrogens is 2. The van der Waals surface area contributed by atoms with Gasteiger partial charge in [0.15, 0.2) is 0 Å². The fourth-order valence-corrected chi connectivity index (χ4v) is 3.21. The molecule has 0 radical (unpaired) electrons. The molecule has 24 heavy (non-hydrogen) atoms. The second-order valence-electron chi connectivity index (χ2n) is 6.41. The Balaban J connectivity index is 1.46. The Morgan fingerprint density at radius 1 is 1.17 bits per heavy atom. The van der Waals surface area contributed by atoms with Gasteiger partial charge in [-0.25, -0.2) is 4.68 Å². The molecule has 1 aliphatic rings. The SMILES string of the molecule is CC(CN1CCc2ccccc2C1)NCCn1[nH]c(=O)ccc1=O. The van der Waals surface area contributed by atoms with E-state index in [2.05, 4.69) is 46.5 Å². The quantitative estimate of drug-likeness (QED) is 0.813. The summed E-state index contributed by atoms with van der Waals surface area (Å²) in [6, 6.07) is 11.5. The molecule has 3 rings (SSSR count). The predicted octanol–water partition coefficient (Wildman–Crippen LogP) is 0.573. The number of fused-ring (bicyclic) bond motifs is 1. The first-order chi connectivity index (χ1) is 11.6. The van der Waals surface area contributed by atoms with Crippen LogP contribution in [0, 0.1) is 0 Å². The number of nitrogens with zero attached hydrogens (tertiary/aromatic N) is 2. The molecule has 1 unspecified atom stereocenters. The first kappa shape index (κ1) is 16.7. The van der Waals surface area contributed by atoms with E-state index in [1.165, 1.54) is 27.9 Å². The van der Waals surface area contributed by atoms with Crippen molar-refractivity contribution in [1.29, 1.82) is 0 Å². The molecule has 0 aliphatic carbocycles. The topological polar surface area (TPSA) is 70.1 Å². The molecule has 0 saturated heterocycles. The summed E-state index contributed by atoms with van der Waals surface area (Å²) in [5.41, 5.74) is 2.44. The number of nitrogens with one attached hydrogen (secondary N) is 2. The van der Waals surface area contributed by atoms with E-state index in [0.29, 0.717) is 19.1 Å². The Morgan fingerprint density at radius 2 is 1.96 bits per heavy atom. The third-order valence-corrected chi connectivity index (χ3v) is 4.46. The number of benzene rings is 1. The minimum absolute atomic E-state index is 0.184. The molecule has 2 heterocycles. The van der Waals surface area contributed by atoms with Crippen LogP contribution in [0.5, 0.6) is 0 Å². The second kappa shape index (κ2) is 7.59. The van der Waals surface area contributed by atoms with Crippen LogP contribution in [-0.2, 0) is 19.5 Å². The van der Waals surface area contributed by atoms with Crippen molar-refractivity contribution in [1.82, 2.24) is 20.0 Å². The van der Waals surface area contributed by atoms with E-state index in [0.717, 1.165) is 26.1 Å². The Morgan fingerprint density at radius 3 is 2.79 bits per heavy atom. The lowest BCUT2D eigenvalue weighted by Gasteiger charge is -2.31. The van der Waals surface area contributed by atoms with Gasteiger partial charge in [0.1, 0.15) is 0 Å². The molecule has 1 aliphatic heterocycles. The summed E-state index contributed by atoms with van der Waals surface area (Å²) in [7, 11) is 0. The molecular formula is C18H24N4O2. The molecule has 1 atom stereocenters. The van der Waals surface area contributed by atoms with Crippen LogP contribution in [0.1, 0.15) is 18.1 Å². The van der Waals surface area contributed by atoms with Crippen molar-refractivity contribution in [2.24, 2.45) is 0 Å². The largest absolute Gasteiger partial charge is 0.311 e. The van der Waals surface area contributed by atoms with E-state index < -0.39 is 0 Å². The minimum atomic E-state index is -0.255. The molecule has 2 N–H and O–H groups in total. The number of hydrogen-bond donors (Lipinski definition) is 2. The third-order valence-electron chi connectivity index (χ3n) is 4.46. The summed E-state index contributed by atoms with van der Waals surface area (Å²) in [5, 5.41) is 5.97. The van der Waals surface area contributed by atoms with Gasteiger partial charge in [0.05, 0.1) is 6.54 Å².